The normalized spacial score (nSPS) is 20.7. The van der Waals surface area contributed by atoms with Crippen molar-refractivity contribution in [2.75, 3.05) is 0 Å². The van der Waals surface area contributed by atoms with E-state index in [4.69, 9.17) is 5.73 Å². The first kappa shape index (κ1) is 19.5. The van der Waals surface area contributed by atoms with Crippen molar-refractivity contribution in [3.05, 3.63) is 42.4 Å². The highest BCUT2D eigenvalue weighted by Crippen LogP contribution is 2.27. The number of aromatic amines is 1. The summed E-state index contributed by atoms with van der Waals surface area (Å²) < 4.78 is 0. The van der Waals surface area contributed by atoms with Crippen molar-refractivity contribution in [3.63, 3.8) is 0 Å². The average Bonchev–Trinajstić information content (AvgIpc) is 3.23. The van der Waals surface area contributed by atoms with Crippen LogP contribution in [0.25, 0.3) is 11.3 Å². The van der Waals surface area contributed by atoms with Crippen LogP contribution >= 0.6 is 12.4 Å². The quantitative estimate of drug-likeness (QED) is 0.734. The molecular weight excluding hydrogens is 336 g/mol. The summed E-state index contributed by atoms with van der Waals surface area (Å²) in [4.78, 5) is 20.2. The molecule has 1 heterocycles. The van der Waals surface area contributed by atoms with Gasteiger partial charge in [0.15, 0.2) is 0 Å². The number of imidazole rings is 1. The molecule has 1 aromatic carbocycles. The Kier molecular flexibility index (Phi) is 7.02. The second kappa shape index (κ2) is 9.02. The van der Waals surface area contributed by atoms with Gasteiger partial charge in [-0.05, 0) is 30.7 Å². The zero-order chi connectivity index (χ0) is 16.9. The number of hydrogen-bond acceptors (Lipinski definition) is 3. The molecule has 0 spiro atoms. The highest BCUT2D eigenvalue weighted by atomic mass is 35.5. The first-order valence-corrected chi connectivity index (χ1v) is 8.82. The second-order valence-electron chi connectivity index (χ2n) is 6.64. The monoisotopic (exact) mass is 362 g/mol. The number of rotatable bonds is 6. The van der Waals surface area contributed by atoms with Crippen molar-refractivity contribution in [1.82, 2.24) is 15.3 Å². The SMILES string of the molecule is CCC(NC(=O)C[C@@H]1CCC[C@H]1N)c1ncc(-c2ccccc2)[nH]1.Cl. The number of halogens is 1. The highest BCUT2D eigenvalue weighted by molar-refractivity contribution is 5.85. The van der Waals surface area contributed by atoms with Crippen LogP contribution in [0.15, 0.2) is 36.5 Å². The number of nitrogens with two attached hydrogens (primary N) is 1. The van der Waals surface area contributed by atoms with Crippen LogP contribution in [0.1, 0.15) is 50.9 Å². The Balaban J connectivity index is 0.00000225. The van der Waals surface area contributed by atoms with Gasteiger partial charge in [0.2, 0.25) is 5.91 Å². The standard InChI is InChI=1S/C19H26N4O.ClH/c1-2-16(22-18(24)11-14-9-6-10-15(14)20)19-21-12-17(23-19)13-7-4-3-5-8-13;/h3-5,7-8,12,14-16H,2,6,9-11,20H2,1H3,(H,21,23)(H,22,24);1H/t14-,15+,16?;/m0./s1. The van der Waals surface area contributed by atoms with E-state index < -0.39 is 0 Å². The van der Waals surface area contributed by atoms with Crippen LogP contribution in [0.2, 0.25) is 0 Å². The van der Waals surface area contributed by atoms with E-state index in [1.807, 2.05) is 36.5 Å². The number of nitrogens with zero attached hydrogens (tertiary/aromatic N) is 1. The van der Waals surface area contributed by atoms with Crippen molar-refractivity contribution < 1.29 is 4.79 Å². The second-order valence-corrected chi connectivity index (χ2v) is 6.64. The molecule has 6 heteroatoms. The fraction of sp³-hybridized carbons (Fsp3) is 0.474. The van der Waals surface area contributed by atoms with E-state index in [0.717, 1.165) is 42.8 Å². The van der Waals surface area contributed by atoms with Crippen LogP contribution in [0.5, 0.6) is 0 Å². The van der Waals surface area contributed by atoms with Gasteiger partial charge >= 0.3 is 0 Å². The lowest BCUT2D eigenvalue weighted by Crippen LogP contribution is -2.34. The Bertz CT molecular complexity index is 673. The van der Waals surface area contributed by atoms with Crippen LogP contribution in [0.4, 0.5) is 0 Å². The number of benzene rings is 1. The molecule has 3 rings (SSSR count). The van der Waals surface area contributed by atoms with Gasteiger partial charge in [-0.1, -0.05) is 43.7 Å². The summed E-state index contributed by atoms with van der Waals surface area (Å²) in [6.07, 6.45) is 6.37. The highest BCUT2D eigenvalue weighted by Gasteiger charge is 2.27. The summed E-state index contributed by atoms with van der Waals surface area (Å²) in [6.45, 7) is 2.05. The molecule has 2 aromatic rings. The number of carbonyl (C=O) groups is 1. The fourth-order valence-corrected chi connectivity index (χ4v) is 3.45. The van der Waals surface area contributed by atoms with E-state index in [1.165, 1.54) is 0 Å². The van der Waals surface area contributed by atoms with Gasteiger partial charge in [0, 0.05) is 12.5 Å². The zero-order valence-electron chi connectivity index (χ0n) is 14.6. The van der Waals surface area contributed by atoms with Gasteiger partial charge in [-0.25, -0.2) is 4.98 Å². The molecular formula is C19H27ClN4O. The number of nitrogens with one attached hydrogen (secondary N) is 2. The minimum Gasteiger partial charge on any atom is -0.346 e. The predicted octanol–water partition coefficient (Wildman–Crippen LogP) is 3.58. The lowest BCUT2D eigenvalue weighted by molar-refractivity contribution is -0.122. The lowest BCUT2D eigenvalue weighted by Gasteiger charge is -2.18. The molecule has 5 nitrogen and oxygen atoms in total. The summed E-state index contributed by atoms with van der Waals surface area (Å²) in [6, 6.07) is 10.1. The third-order valence-electron chi connectivity index (χ3n) is 4.92. The summed E-state index contributed by atoms with van der Waals surface area (Å²) in [7, 11) is 0. The number of hydrogen-bond donors (Lipinski definition) is 3. The van der Waals surface area contributed by atoms with Crippen molar-refractivity contribution in [2.45, 2.75) is 51.1 Å². The number of H-pyrrole nitrogens is 1. The summed E-state index contributed by atoms with van der Waals surface area (Å²) >= 11 is 0. The van der Waals surface area contributed by atoms with Gasteiger partial charge in [0.05, 0.1) is 17.9 Å². The van der Waals surface area contributed by atoms with Crippen molar-refractivity contribution in [1.29, 1.82) is 0 Å². The van der Waals surface area contributed by atoms with Crippen LogP contribution in [-0.2, 0) is 4.79 Å². The molecule has 136 valence electrons. The molecule has 25 heavy (non-hydrogen) atoms. The topological polar surface area (TPSA) is 83.8 Å². The van der Waals surface area contributed by atoms with Gasteiger partial charge in [-0.3, -0.25) is 4.79 Å². The molecule has 0 aliphatic heterocycles. The smallest absolute Gasteiger partial charge is 0.220 e. The minimum atomic E-state index is -0.0902. The summed E-state index contributed by atoms with van der Waals surface area (Å²) in [5, 5.41) is 3.11. The fourth-order valence-electron chi connectivity index (χ4n) is 3.45. The largest absolute Gasteiger partial charge is 0.346 e. The van der Waals surface area contributed by atoms with Gasteiger partial charge in [-0.2, -0.15) is 0 Å². The van der Waals surface area contributed by atoms with Gasteiger partial charge < -0.3 is 16.0 Å². The number of aromatic nitrogens is 2. The Morgan fingerprint density at radius 2 is 2.12 bits per heavy atom. The molecule has 1 unspecified atom stereocenters. The minimum absolute atomic E-state index is 0. The molecule has 3 atom stereocenters. The first-order valence-electron chi connectivity index (χ1n) is 8.82. The lowest BCUT2D eigenvalue weighted by atomic mass is 9.99. The third-order valence-corrected chi connectivity index (χ3v) is 4.92. The maximum absolute atomic E-state index is 12.4. The first-order chi connectivity index (χ1) is 11.7. The molecule has 1 fully saturated rings. The van der Waals surface area contributed by atoms with E-state index in [9.17, 15) is 4.79 Å². The molecule has 0 radical (unpaired) electrons. The Labute approximate surface area is 155 Å². The van der Waals surface area contributed by atoms with Gasteiger partial charge in [-0.15, -0.1) is 12.4 Å². The van der Waals surface area contributed by atoms with Crippen LogP contribution in [-0.4, -0.2) is 21.9 Å². The Morgan fingerprint density at radius 1 is 1.36 bits per heavy atom. The van der Waals surface area contributed by atoms with Crippen molar-refractivity contribution >= 4 is 18.3 Å². The summed E-state index contributed by atoms with van der Waals surface area (Å²) in [5.41, 5.74) is 8.13. The molecule has 1 aromatic heterocycles. The van der Waals surface area contributed by atoms with Crippen LogP contribution in [0.3, 0.4) is 0 Å². The Morgan fingerprint density at radius 3 is 2.76 bits per heavy atom. The molecule has 1 saturated carbocycles. The van der Waals surface area contributed by atoms with E-state index in [1.54, 1.807) is 0 Å². The average molecular weight is 363 g/mol. The van der Waals surface area contributed by atoms with E-state index >= 15 is 0 Å². The maximum atomic E-state index is 12.4. The molecule has 1 aliphatic carbocycles. The van der Waals surface area contributed by atoms with E-state index in [2.05, 4.69) is 22.2 Å². The van der Waals surface area contributed by atoms with Crippen molar-refractivity contribution in [2.24, 2.45) is 11.7 Å². The summed E-state index contributed by atoms with van der Waals surface area (Å²) in [5.74, 6) is 1.20. The predicted molar refractivity (Wildman–Crippen MR) is 102 cm³/mol. The maximum Gasteiger partial charge on any atom is 0.220 e. The third kappa shape index (κ3) is 4.83. The molecule has 1 aliphatic rings. The molecule has 0 saturated heterocycles. The van der Waals surface area contributed by atoms with E-state index in [0.29, 0.717) is 12.3 Å². The molecule has 1 amide bonds. The van der Waals surface area contributed by atoms with Gasteiger partial charge in [0.25, 0.3) is 0 Å². The molecule has 0 bridgehead atoms. The van der Waals surface area contributed by atoms with Crippen LogP contribution in [0, 0.1) is 5.92 Å². The van der Waals surface area contributed by atoms with Crippen LogP contribution < -0.4 is 11.1 Å². The number of amides is 1. The molecule has 4 N–H and O–H groups in total. The zero-order valence-corrected chi connectivity index (χ0v) is 15.4. The number of carbonyl (C=O) groups excluding carboxylic acids is 1. The van der Waals surface area contributed by atoms with E-state index in [-0.39, 0.29) is 30.4 Å². The van der Waals surface area contributed by atoms with Gasteiger partial charge in [0.1, 0.15) is 5.82 Å². The Hall–Kier alpha value is -1.85. The van der Waals surface area contributed by atoms with Crippen molar-refractivity contribution in [3.8, 4) is 11.3 Å².